The molecule has 0 aliphatic carbocycles. The maximum absolute atomic E-state index is 11.7. The molecule has 0 bridgehead atoms. The minimum Gasteiger partial charge on any atom is -0.508 e. The van der Waals surface area contributed by atoms with Crippen molar-refractivity contribution in [3.05, 3.63) is 29.2 Å². The number of rotatable bonds is 3. The van der Waals surface area contributed by atoms with E-state index in [0.717, 1.165) is 0 Å². The highest BCUT2D eigenvalue weighted by molar-refractivity contribution is 7.95. The van der Waals surface area contributed by atoms with E-state index in [9.17, 15) is 13.5 Å². The fourth-order valence-corrected chi connectivity index (χ4v) is 3.14. The quantitative estimate of drug-likeness (QED) is 0.870. The van der Waals surface area contributed by atoms with Gasteiger partial charge in [-0.25, -0.2) is 8.42 Å². The summed E-state index contributed by atoms with van der Waals surface area (Å²) in [6.45, 7) is 2.65. The van der Waals surface area contributed by atoms with Crippen molar-refractivity contribution in [3.8, 4) is 5.75 Å². The van der Waals surface area contributed by atoms with Crippen LogP contribution in [0.5, 0.6) is 5.75 Å². The molecule has 1 heterocycles. The molecule has 0 fully saturated rings. The first-order valence-corrected chi connectivity index (χ1v) is 6.46. The number of aromatic hydroxyl groups is 1. The van der Waals surface area contributed by atoms with E-state index in [2.05, 4.69) is 0 Å². The van der Waals surface area contributed by atoms with Crippen molar-refractivity contribution in [2.75, 3.05) is 13.2 Å². The summed E-state index contributed by atoms with van der Waals surface area (Å²) in [5.74, 6) is -0.0478. The Hall–Kier alpha value is -1.33. The first-order valence-electron chi connectivity index (χ1n) is 4.91. The van der Waals surface area contributed by atoms with Gasteiger partial charge in [-0.3, -0.25) is 0 Å². The Labute approximate surface area is 94.1 Å². The van der Waals surface area contributed by atoms with Crippen molar-refractivity contribution in [2.45, 2.75) is 11.8 Å². The molecule has 1 aromatic carbocycles. The number of hydrogen-bond acceptors (Lipinski definition) is 4. The fraction of sp³-hybridized carbons (Fsp3) is 0.273. The van der Waals surface area contributed by atoms with E-state index in [0.29, 0.717) is 17.7 Å². The van der Waals surface area contributed by atoms with Gasteiger partial charge in [-0.05, 0) is 36.3 Å². The van der Waals surface area contributed by atoms with Crippen molar-refractivity contribution >= 4 is 15.4 Å². The van der Waals surface area contributed by atoms with Crippen molar-refractivity contribution in [3.63, 3.8) is 0 Å². The molecule has 4 nitrogen and oxygen atoms in total. The molecule has 0 atom stereocenters. The molecule has 1 aromatic rings. The van der Waals surface area contributed by atoms with E-state index < -0.39 is 9.84 Å². The predicted molar refractivity (Wildman–Crippen MR) is 59.8 cm³/mol. The zero-order valence-corrected chi connectivity index (χ0v) is 9.62. The Balaban J connectivity index is 2.48. The molecule has 0 aromatic heterocycles. The van der Waals surface area contributed by atoms with Crippen molar-refractivity contribution in [2.24, 2.45) is 0 Å². The second-order valence-electron chi connectivity index (χ2n) is 3.51. The third-order valence-electron chi connectivity index (χ3n) is 2.38. The molecular weight excluding hydrogens is 228 g/mol. The van der Waals surface area contributed by atoms with Gasteiger partial charge in [-0.2, -0.15) is 0 Å². The Morgan fingerprint density at radius 1 is 1.38 bits per heavy atom. The summed E-state index contributed by atoms with van der Waals surface area (Å²) in [5, 5.41) is 10.5. The molecule has 0 unspecified atom stereocenters. The van der Waals surface area contributed by atoms with Crippen LogP contribution in [0.15, 0.2) is 28.5 Å². The summed E-state index contributed by atoms with van der Waals surface area (Å²) in [6, 6.07) is 4.33. The lowest BCUT2D eigenvalue weighted by Gasteiger charge is -2.04. The molecule has 1 aliphatic rings. The van der Waals surface area contributed by atoms with Gasteiger partial charge in [0.1, 0.15) is 5.75 Å². The zero-order valence-electron chi connectivity index (χ0n) is 8.80. The van der Waals surface area contributed by atoms with Crippen LogP contribution in [0.4, 0.5) is 0 Å². The number of fused-ring (bicyclic) bond motifs is 1. The van der Waals surface area contributed by atoms with Crippen LogP contribution in [-0.2, 0) is 14.6 Å². The lowest BCUT2D eigenvalue weighted by molar-refractivity contribution is 0.182. The summed E-state index contributed by atoms with van der Waals surface area (Å²) in [5.41, 5.74) is 1.25. The standard InChI is InChI=1S/C11H12O4S/c1-2-15-6-8-7-16(13,14)11-5-9(12)3-4-10(8)11/h3-5,7,12H,2,6H2,1H3. The maximum atomic E-state index is 11.7. The lowest BCUT2D eigenvalue weighted by atomic mass is 10.1. The minimum atomic E-state index is -3.41. The predicted octanol–water partition coefficient (Wildman–Crippen LogP) is 1.56. The average Bonchev–Trinajstić information content (AvgIpc) is 2.48. The van der Waals surface area contributed by atoms with Gasteiger partial charge in [0.2, 0.25) is 9.84 Å². The molecule has 5 heteroatoms. The summed E-state index contributed by atoms with van der Waals surface area (Å²) < 4.78 is 28.7. The van der Waals surface area contributed by atoms with Crippen LogP contribution in [0, 0.1) is 0 Å². The average molecular weight is 240 g/mol. The number of phenolic OH excluding ortho intramolecular Hbond substituents is 1. The molecular formula is C11H12O4S. The van der Waals surface area contributed by atoms with Crippen LogP contribution in [0.25, 0.3) is 5.57 Å². The van der Waals surface area contributed by atoms with Crippen LogP contribution in [0.1, 0.15) is 12.5 Å². The Kier molecular flexibility index (Phi) is 2.73. The van der Waals surface area contributed by atoms with Gasteiger partial charge in [0, 0.05) is 12.0 Å². The molecule has 1 aliphatic heterocycles. The summed E-state index contributed by atoms with van der Waals surface area (Å²) in [6.07, 6.45) is 0. The molecule has 2 rings (SSSR count). The number of ether oxygens (including phenoxy) is 1. The van der Waals surface area contributed by atoms with E-state index in [1.807, 2.05) is 6.92 Å². The second-order valence-corrected chi connectivity index (χ2v) is 5.27. The van der Waals surface area contributed by atoms with E-state index in [4.69, 9.17) is 4.74 Å². The van der Waals surface area contributed by atoms with Gasteiger partial charge in [0.25, 0.3) is 0 Å². The van der Waals surface area contributed by atoms with Gasteiger partial charge in [-0.15, -0.1) is 0 Å². The van der Waals surface area contributed by atoms with Crippen molar-refractivity contribution < 1.29 is 18.3 Å². The molecule has 0 radical (unpaired) electrons. The minimum absolute atomic E-state index is 0.0478. The van der Waals surface area contributed by atoms with Gasteiger partial charge in [0.05, 0.1) is 11.5 Å². The van der Waals surface area contributed by atoms with Crippen LogP contribution in [0.2, 0.25) is 0 Å². The molecule has 0 spiro atoms. The number of sulfone groups is 1. The Morgan fingerprint density at radius 3 is 2.81 bits per heavy atom. The first-order chi connectivity index (χ1) is 7.54. The first kappa shape index (κ1) is 11.2. The van der Waals surface area contributed by atoms with Gasteiger partial charge >= 0.3 is 0 Å². The van der Waals surface area contributed by atoms with Crippen LogP contribution in [-0.4, -0.2) is 26.7 Å². The van der Waals surface area contributed by atoms with E-state index in [-0.39, 0.29) is 17.3 Å². The Morgan fingerprint density at radius 2 is 2.12 bits per heavy atom. The van der Waals surface area contributed by atoms with E-state index >= 15 is 0 Å². The normalized spacial score (nSPS) is 16.9. The largest absolute Gasteiger partial charge is 0.508 e. The number of benzene rings is 1. The lowest BCUT2D eigenvalue weighted by Crippen LogP contribution is -1.95. The zero-order chi connectivity index (χ0) is 11.8. The molecule has 1 N–H and O–H groups in total. The Bertz CT molecular complexity index is 543. The number of hydrogen-bond donors (Lipinski definition) is 1. The third kappa shape index (κ3) is 1.83. The second kappa shape index (κ2) is 3.92. The van der Waals surface area contributed by atoms with Crippen molar-refractivity contribution in [1.29, 1.82) is 0 Å². The van der Waals surface area contributed by atoms with Crippen molar-refractivity contribution in [1.82, 2.24) is 0 Å². The van der Waals surface area contributed by atoms with Gasteiger partial charge < -0.3 is 9.84 Å². The molecule has 0 saturated heterocycles. The molecule has 0 saturated carbocycles. The van der Waals surface area contributed by atoms with Crippen LogP contribution in [0.3, 0.4) is 0 Å². The summed E-state index contributed by atoms with van der Waals surface area (Å²) >= 11 is 0. The van der Waals surface area contributed by atoms with E-state index in [1.54, 1.807) is 6.07 Å². The number of phenols is 1. The highest BCUT2D eigenvalue weighted by Gasteiger charge is 2.27. The van der Waals surface area contributed by atoms with Gasteiger partial charge in [-0.1, -0.05) is 0 Å². The third-order valence-corrected chi connectivity index (χ3v) is 3.92. The monoisotopic (exact) mass is 240 g/mol. The topological polar surface area (TPSA) is 63.6 Å². The SMILES string of the molecule is CCOCC1=CS(=O)(=O)c2cc(O)ccc21. The van der Waals surface area contributed by atoms with Crippen LogP contribution >= 0.6 is 0 Å². The molecule has 16 heavy (non-hydrogen) atoms. The maximum Gasteiger partial charge on any atom is 0.200 e. The van der Waals surface area contributed by atoms with Gasteiger partial charge in [0.15, 0.2) is 0 Å². The van der Waals surface area contributed by atoms with Crippen LogP contribution < -0.4 is 0 Å². The highest BCUT2D eigenvalue weighted by atomic mass is 32.2. The highest BCUT2D eigenvalue weighted by Crippen LogP contribution is 2.35. The smallest absolute Gasteiger partial charge is 0.200 e. The summed E-state index contributed by atoms with van der Waals surface area (Å²) in [7, 11) is -3.41. The molecule has 0 amide bonds. The fourth-order valence-electron chi connectivity index (χ4n) is 1.65. The van der Waals surface area contributed by atoms with E-state index in [1.165, 1.54) is 17.5 Å². The summed E-state index contributed by atoms with van der Waals surface area (Å²) in [4.78, 5) is 0.155. The molecule has 86 valence electrons.